The molecule has 130 valence electrons. The van der Waals surface area contributed by atoms with Crippen LogP contribution in [0.3, 0.4) is 0 Å². The highest BCUT2D eigenvalue weighted by Gasteiger charge is 2.54. The van der Waals surface area contributed by atoms with Gasteiger partial charge >= 0.3 is 0 Å². The first-order valence-electron chi connectivity index (χ1n) is 9.27. The van der Waals surface area contributed by atoms with E-state index >= 15 is 0 Å². The second-order valence-corrected chi connectivity index (χ2v) is 8.58. The third-order valence-electron chi connectivity index (χ3n) is 6.50. The maximum absolute atomic E-state index is 12.6. The minimum absolute atomic E-state index is 0.0380. The largest absolute Gasteiger partial charge is 0.481 e. The van der Waals surface area contributed by atoms with Crippen molar-refractivity contribution >= 4 is 17.7 Å². The summed E-state index contributed by atoms with van der Waals surface area (Å²) in [7, 11) is 0. The lowest BCUT2D eigenvalue weighted by molar-refractivity contribution is -0.128. The number of carbonyl (C=O) groups excluding carboxylic acids is 1. The van der Waals surface area contributed by atoms with E-state index in [1.165, 1.54) is 37.0 Å². The number of hydrogen-bond donors (Lipinski definition) is 1. The smallest absolute Gasteiger partial charge is 0.261 e. The lowest BCUT2D eigenvalue weighted by Gasteiger charge is -2.32. The van der Waals surface area contributed by atoms with Crippen molar-refractivity contribution in [1.29, 1.82) is 0 Å². The van der Waals surface area contributed by atoms with E-state index in [1.807, 2.05) is 31.2 Å². The summed E-state index contributed by atoms with van der Waals surface area (Å²) in [6, 6.07) is 8.32. The number of hydrogen-bond acceptors (Lipinski definition) is 3. The predicted molar refractivity (Wildman–Crippen MR) is 97.3 cm³/mol. The number of nitrogens with one attached hydrogen (secondary N) is 1. The molecule has 0 unspecified atom stereocenters. The summed E-state index contributed by atoms with van der Waals surface area (Å²) < 4.78 is 5.83. The zero-order valence-electron chi connectivity index (χ0n) is 14.5. The molecule has 3 aliphatic carbocycles. The Morgan fingerprint density at radius 1 is 1.17 bits per heavy atom. The summed E-state index contributed by atoms with van der Waals surface area (Å²) in [6.45, 7) is 1.85. The fourth-order valence-electron chi connectivity index (χ4n) is 5.45. The molecule has 1 N–H and O–H groups in total. The quantitative estimate of drug-likeness (QED) is 0.816. The molecule has 0 spiro atoms. The highest BCUT2D eigenvalue weighted by atomic mass is 32.2. The maximum atomic E-state index is 12.6. The van der Waals surface area contributed by atoms with Crippen molar-refractivity contribution in [3.63, 3.8) is 0 Å². The van der Waals surface area contributed by atoms with Crippen LogP contribution in [0, 0.1) is 23.7 Å². The van der Waals surface area contributed by atoms with Gasteiger partial charge in [-0.1, -0.05) is 6.42 Å². The number of benzene rings is 1. The van der Waals surface area contributed by atoms with E-state index in [9.17, 15) is 4.79 Å². The third-order valence-corrected chi connectivity index (χ3v) is 7.24. The average molecular weight is 346 g/mol. The number of fused-ring (bicyclic) bond motifs is 5. The molecule has 0 saturated heterocycles. The molecular weight excluding hydrogens is 318 g/mol. The molecule has 1 amide bonds. The molecule has 3 fully saturated rings. The van der Waals surface area contributed by atoms with Crippen molar-refractivity contribution in [1.82, 2.24) is 5.32 Å². The lowest BCUT2D eigenvalue weighted by Crippen LogP contribution is -2.47. The number of rotatable bonds is 5. The van der Waals surface area contributed by atoms with Crippen LogP contribution in [0.2, 0.25) is 0 Å². The molecule has 0 aromatic heterocycles. The second-order valence-electron chi connectivity index (χ2n) is 7.70. The molecule has 2 bridgehead atoms. The van der Waals surface area contributed by atoms with Crippen molar-refractivity contribution < 1.29 is 9.53 Å². The van der Waals surface area contributed by atoms with Gasteiger partial charge in [-0.25, -0.2) is 0 Å². The molecule has 3 aliphatic rings. The van der Waals surface area contributed by atoms with E-state index in [2.05, 4.69) is 11.6 Å². The highest BCUT2D eigenvalue weighted by Crippen LogP contribution is 2.58. The fourth-order valence-corrected chi connectivity index (χ4v) is 5.85. The van der Waals surface area contributed by atoms with Gasteiger partial charge in [-0.05, 0) is 86.8 Å². The van der Waals surface area contributed by atoms with Crippen molar-refractivity contribution in [2.24, 2.45) is 23.7 Å². The van der Waals surface area contributed by atoms with Crippen molar-refractivity contribution in [2.45, 2.75) is 56.1 Å². The van der Waals surface area contributed by atoms with Crippen LogP contribution in [0.25, 0.3) is 0 Å². The van der Waals surface area contributed by atoms with Gasteiger partial charge in [0.05, 0.1) is 0 Å². The van der Waals surface area contributed by atoms with E-state index in [1.54, 1.807) is 11.8 Å². The lowest BCUT2D eigenvalue weighted by atomic mass is 9.79. The number of thioether (sulfide) groups is 1. The zero-order valence-corrected chi connectivity index (χ0v) is 15.4. The normalized spacial score (nSPS) is 34.8. The van der Waals surface area contributed by atoms with E-state index in [0.717, 1.165) is 29.4 Å². The highest BCUT2D eigenvalue weighted by molar-refractivity contribution is 7.98. The Hall–Kier alpha value is -1.16. The van der Waals surface area contributed by atoms with Crippen LogP contribution in [-0.4, -0.2) is 24.3 Å². The van der Waals surface area contributed by atoms with Crippen molar-refractivity contribution in [2.75, 3.05) is 6.26 Å². The van der Waals surface area contributed by atoms with E-state index in [4.69, 9.17) is 4.74 Å². The molecule has 3 nitrogen and oxygen atoms in total. The first-order valence-corrected chi connectivity index (χ1v) is 10.5. The van der Waals surface area contributed by atoms with Gasteiger partial charge in [-0.15, -0.1) is 11.8 Å². The molecular formula is C20H27NO2S. The minimum Gasteiger partial charge on any atom is -0.481 e. The summed E-state index contributed by atoms with van der Waals surface area (Å²) in [4.78, 5) is 13.8. The molecule has 0 aliphatic heterocycles. The first kappa shape index (κ1) is 16.3. The van der Waals surface area contributed by atoms with Gasteiger partial charge in [0, 0.05) is 10.9 Å². The van der Waals surface area contributed by atoms with Crippen molar-refractivity contribution in [3.8, 4) is 5.75 Å². The second kappa shape index (κ2) is 6.62. The minimum atomic E-state index is -0.441. The van der Waals surface area contributed by atoms with Crippen LogP contribution in [0.1, 0.15) is 39.0 Å². The van der Waals surface area contributed by atoms with Crippen LogP contribution in [0.4, 0.5) is 0 Å². The Labute approximate surface area is 148 Å². The van der Waals surface area contributed by atoms with Gasteiger partial charge in [0.15, 0.2) is 6.10 Å². The Bertz CT molecular complexity index is 602. The van der Waals surface area contributed by atoms with E-state index in [-0.39, 0.29) is 5.91 Å². The molecule has 4 rings (SSSR count). The fraction of sp³-hybridized carbons (Fsp3) is 0.650. The Kier molecular flexibility index (Phi) is 4.50. The molecule has 3 saturated carbocycles. The maximum Gasteiger partial charge on any atom is 0.261 e. The standard InChI is InChI=1S/C20H27NO2S/c1-12(23-14-6-8-15(24-2)9-7-14)20(22)21-19-11-13-10-18(19)17-5-3-4-16(13)17/h6-9,12-13,16-19H,3-5,10-11H2,1-2H3,(H,21,22)/t12-,13-,16-,17+,18+,19-/m1/s1. The van der Waals surface area contributed by atoms with Gasteiger partial charge in [-0.2, -0.15) is 0 Å². The molecule has 0 heterocycles. The summed E-state index contributed by atoms with van der Waals surface area (Å²) >= 11 is 1.70. The Morgan fingerprint density at radius 2 is 1.92 bits per heavy atom. The summed E-state index contributed by atoms with van der Waals surface area (Å²) in [5, 5.41) is 3.30. The molecule has 4 heteroatoms. The average Bonchev–Trinajstić information content (AvgIpc) is 3.28. The molecule has 24 heavy (non-hydrogen) atoms. The SMILES string of the molecule is CSc1ccc(O[C@H](C)C(=O)N[C@@H]2C[C@H]3C[C@H]2[C@H]2CCC[C@H]32)cc1. The van der Waals surface area contributed by atoms with Gasteiger partial charge in [0.25, 0.3) is 5.91 Å². The molecule has 1 aromatic rings. The summed E-state index contributed by atoms with van der Waals surface area (Å²) in [5.41, 5.74) is 0. The number of carbonyl (C=O) groups is 1. The van der Waals surface area contributed by atoms with Crippen LogP contribution < -0.4 is 10.1 Å². The summed E-state index contributed by atoms with van der Waals surface area (Å²) in [5.74, 6) is 4.23. The van der Waals surface area contributed by atoms with Crippen molar-refractivity contribution in [3.05, 3.63) is 24.3 Å². The molecule has 1 aromatic carbocycles. The molecule has 0 radical (unpaired) electrons. The predicted octanol–water partition coefficient (Wildman–Crippen LogP) is 4.12. The summed E-state index contributed by atoms with van der Waals surface area (Å²) in [6.07, 6.45) is 8.34. The van der Waals surface area contributed by atoms with Crippen LogP contribution in [-0.2, 0) is 4.79 Å². The van der Waals surface area contributed by atoms with Crippen LogP contribution in [0.5, 0.6) is 5.75 Å². The Morgan fingerprint density at radius 3 is 2.67 bits per heavy atom. The van der Waals surface area contributed by atoms with Gasteiger partial charge in [0.2, 0.25) is 0 Å². The van der Waals surface area contributed by atoms with E-state index < -0.39 is 6.10 Å². The molecule has 6 atom stereocenters. The monoisotopic (exact) mass is 345 g/mol. The number of amides is 1. The topological polar surface area (TPSA) is 38.3 Å². The van der Waals surface area contributed by atoms with Crippen LogP contribution >= 0.6 is 11.8 Å². The van der Waals surface area contributed by atoms with Gasteiger partial charge in [-0.3, -0.25) is 4.79 Å². The third kappa shape index (κ3) is 2.94. The zero-order chi connectivity index (χ0) is 16.7. The van der Waals surface area contributed by atoms with E-state index in [0.29, 0.717) is 6.04 Å². The number of ether oxygens (including phenoxy) is 1. The van der Waals surface area contributed by atoms with Gasteiger partial charge in [0.1, 0.15) is 5.75 Å². The van der Waals surface area contributed by atoms with Gasteiger partial charge < -0.3 is 10.1 Å². The first-order chi connectivity index (χ1) is 11.7. The van der Waals surface area contributed by atoms with Crippen LogP contribution in [0.15, 0.2) is 29.2 Å². The Balaban J connectivity index is 1.32.